The highest BCUT2D eigenvalue weighted by atomic mass is 16.6. The van der Waals surface area contributed by atoms with Crippen molar-refractivity contribution in [2.45, 2.75) is 57.5 Å². The van der Waals surface area contributed by atoms with Crippen LogP contribution in [0.4, 0.5) is 0 Å². The van der Waals surface area contributed by atoms with Crippen LogP contribution in [0.1, 0.15) is 49.8 Å². The third-order valence-corrected chi connectivity index (χ3v) is 5.12. The molecule has 1 aliphatic carbocycles. The monoisotopic (exact) mass is 316 g/mol. The molecule has 23 heavy (non-hydrogen) atoms. The first-order valence-corrected chi connectivity index (χ1v) is 8.51. The van der Waals surface area contributed by atoms with Gasteiger partial charge in [-0.25, -0.2) is 0 Å². The van der Waals surface area contributed by atoms with E-state index in [0.717, 1.165) is 43.4 Å². The first-order valence-electron chi connectivity index (χ1n) is 8.51. The van der Waals surface area contributed by atoms with Gasteiger partial charge < -0.3 is 10.1 Å². The Morgan fingerprint density at radius 1 is 1.39 bits per heavy atom. The zero-order valence-corrected chi connectivity index (χ0v) is 13.6. The number of rotatable bonds is 4. The lowest BCUT2D eigenvalue weighted by molar-refractivity contribution is -0.153. The van der Waals surface area contributed by atoms with Crippen LogP contribution in [0.25, 0.3) is 0 Å². The summed E-state index contributed by atoms with van der Waals surface area (Å²) < 4.78 is 5.60. The number of nitrogens with zero attached hydrogens (tertiary/aromatic N) is 1. The molecule has 3 rings (SSSR count). The summed E-state index contributed by atoms with van der Waals surface area (Å²) in [4.78, 5) is 28.7. The molecule has 124 valence electrons. The quantitative estimate of drug-likeness (QED) is 0.866. The number of carbonyl (C=O) groups excluding carboxylic acids is 2. The number of hydrogen-bond donors (Lipinski definition) is 1. The van der Waals surface area contributed by atoms with E-state index in [1.807, 2.05) is 19.1 Å². The van der Waals surface area contributed by atoms with Crippen LogP contribution < -0.4 is 5.32 Å². The summed E-state index contributed by atoms with van der Waals surface area (Å²) in [6, 6.07) is 3.93. The Balaban J connectivity index is 1.59. The molecule has 0 bridgehead atoms. The second-order valence-electron chi connectivity index (χ2n) is 6.66. The van der Waals surface area contributed by atoms with Gasteiger partial charge in [0.25, 0.3) is 0 Å². The summed E-state index contributed by atoms with van der Waals surface area (Å²) in [7, 11) is 0. The van der Waals surface area contributed by atoms with E-state index < -0.39 is 5.60 Å². The van der Waals surface area contributed by atoms with Gasteiger partial charge in [-0.15, -0.1) is 0 Å². The van der Waals surface area contributed by atoms with Gasteiger partial charge in [0.15, 0.2) is 0 Å². The van der Waals surface area contributed by atoms with Crippen LogP contribution in [-0.4, -0.2) is 29.0 Å². The van der Waals surface area contributed by atoms with Crippen LogP contribution >= 0.6 is 0 Å². The van der Waals surface area contributed by atoms with Crippen molar-refractivity contribution in [2.75, 3.05) is 6.54 Å². The molecule has 1 saturated heterocycles. The summed E-state index contributed by atoms with van der Waals surface area (Å²) >= 11 is 0. The Kier molecular flexibility index (Phi) is 4.64. The van der Waals surface area contributed by atoms with Crippen LogP contribution in [0.2, 0.25) is 0 Å². The minimum Gasteiger partial charge on any atom is -0.458 e. The third-order valence-electron chi connectivity index (χ3n) is 5.12. The summed E-state index contributed by atoms with van der Waals surface area (Å²) in [5.41, 5.74) is 1.59. The molecule has 0 unspecified atom stereocenters. The number of nitrogens with one attached hydrogen (secondary N) is 1. The van der Waals surface area contributed by atoms with E-state index in [1.54, 1.807) is 6.20 Å². The zero-order chi connectivity index (χ0) is 16.3. The summed E-state index contributed by atoms with van der Waals surface area (Å²) in [5, 5.41) is 2.98. The summed E-state index contributed by atoms with van der Waals surface area (Å²) in [6.45, 7) is 2.56. The molecule has 2 fully saturated rings. The largest absolute Gasteiger partial charge is 0.458 e. The number of carbonyl (C=O) groups is 2. The van der Waals surface area contributed by atoms with Crippen LogP contribution in [-0.2, 0) is 20.7 Å². The number of esters is 1. The second-order valence-corrected chi connectivity index (χ2v) is 6.66. The zero-order valence-electron chi connectivity index (χ0n) is 13.6. The molecule has 0 radical (unpaired) electrons. The maximum atomic E-state index is 12.6. The third kappa shape index (κ3) is 3.38. The van der Waals surface area contributed by atoms with Gasteiger partial charge in [-0.2, -0.15) is 0 Å². The van der Waals surface area contributed by atoms with Gasteiger partial charge in [-0.1, -0.05) is 12.5 Å². The van der Waals surface area contributed by atoms with Gasteiger partial charge in [0.2, 0.25) is 5.91 Å². The predicted octanol–water partition coefficient (Wildman–Crippen LogP) is 2.31. The number of hydrogen-bond acceptors (Lipinski definition) is 4. The van der Waals surface area contributed by atoms with Gasteiger partial charge in [0, 0.05) is 24.9 Å². The summed E-state index contributed by atoms with van der Waals surface area (Å²) in [6.07, 6.45) is 7.54. The molecule has 5 heteroatoms. The number of pyridine rings is 1. The fourth-order valence-corrected chi connectivity index (χ4v) is 3.83. The molecular formula is C18H24N2O3. The summed E-state index contributed by atoms with van der Waals surface area (Å²) in [5.74, 6) is -0.612. The molecule has 2 aliphatic rings. The standard InChI is InChI=1S/C18H24N2O3/c1-13-6-5-10-19-15(13)7-11-20-17(22)14-12-16(21)23-18(14)8-3-2-4-9-18/h5-6,10,14H,2-4,7-9,11-12H2,1H3,(H,20,22)/t14-/m0/s1. The van der Waals surface area contributed by atoms with E-state index >= 15 is 0 Å². The van der Waals surface area contributed by atoms with Crippen LogP contribution in [0.3, 0.4) is 0 Å². The fraction of sp³-hybridized carbons (Fsp3) is 0.611. The van der Waals surface area contributed by atoms with Crippen molar-refractivity contribution in [3.63, 3.8) is 0 Å². The smallest absolute Gasteiger partial charge is 0.307 e. The highest BCUT2D eigenvalue weighted by molar-refractivity contribution is 5.87. The minimum atomic E-state index is -0.541. The van der Waals surface area contributed by atoms with Crippen LogP contribution in [0.5, 0.6) is 0 Å². The normalized spacial score (nSPS) is 22.8. The molecule has 1 aromatic rings. The predicted molar refractivity (Wildman–Crippen MR) is 85.7 cm³/mol. The van der Waals surface area contributed by atoms with Crippen molar-refractivity contribution < 1.29 is 14.3 Å². The molecule has 1 N–H and O–H groups in total. The molecule has 1 aromatic heterocycles. The molecule has 1 saturated carbocycles. The molecule has 1 aliphatic heterocycles. The number of aromatic nitrogens is 1. The van der Waals surface area contributed by atoms with Crippen LogP contribution in [0, 0.1) is 12.8 Å². The molecule has 0 aromatic carbocycles. The Morgan fingerprint density at radius 3 is 2.91 bits per heavy atom. The highest BCUT2D eigenvalue weighted by Gasteiger charge is 2.52. The van der Waals surface area contributed by atoms with Gasteiger partial charge in [0.1, 0.15) is 5.60 Å². The second kappa shape index (κ2) is 6.69. The first kappa shape index (κ1) is 16.0. The van der Waals surface area contributed by atoms with E-state index in [2.05, 4.69) is 10.3 Å². The molecule has 2 heterocycles. The Hall–Kier alpha value is -1.91. The van der Waals surface area contributed by atoms with Gasteiger partial charge in [-0.3, -0.25) is 14.6 Å². The molecule has 1 amide bonds. The van der Waals surface area contributed by atoms with Crippen molar-refractivity contribution in [3.05, 3.63) is 29.6 Å². The number of ether oxygens (including phenoxy) is 1. The minimum absolute atomic E-state index is 0.0497. The van der Waals surface area contributed by atoms with Gasteiger partial charge in [0.05, 0.1) is 12.3 Å². The van der Waals surface area contributed by atoms with Gasteiger partial charge >= 0.3 is 5.97 Å². The maximum absolute atomic E-state index is 12.6. The van der Waals surface area contributed by atoms with E-state index in [-0.39, 0.29) is 24.2 Å². The van der Waals surface area contributed by atoms with E-state index in [1.165, 1.54) is 0 Å². The van der Waals surface area contributed by atoms with Crippen LogP contribution in [0.15, 0.2) is 18.3 Å². The van der Waals surface area contributed by atoms with Gasteiger partial charge in [-0.05, 0) is 44.2 Å². The van der Waals surface area contributed by atoms with Crippen molar-refractivity contribution in [1.82, 2.24) is 10.3 Å². The topological polar surface area (TPSA) is 68.3 Å². The van der Waals surface area contributed by atoms with E-state index in [0.29, 0.717) is 13.0 Å². The lowest BCUT2D eigenvalue weighted by atomic mass is 9.75. The van der Waals surface area contributed by atoms with E-state index in [9.17, 15) is 9.59 Å². The SMILES string of the molecule is Cc1cccnc1CCNC(=O)[C@@H]1CC(=O)OC12CCCCC2. The molecule has 1 spiro atoms. The number of aryl methyl sites for hydroxylation is 1. The Labute approximate surface area is 136 Å². The Morgan fingerprint density at radius 2 is 2.17 bits per heavy atom. The fourth-order valence-electron chi connectivity index (χ4n) is 3.83. The molecular weight excluding hydrogens is 292 g/mol. The lowest BCUT2D eigenvalue weighted by Gasteiger charge is -2.36. The first-order chi connectivity index (χ1) is 11.1. The van der Waals surface area contributed by atoms with Crippen molar-refractivity contribution >= 4 is 11.9 Å². The van der Waals surface area contributed by atoms with Crippen molar-refractivity contribution in [2.24, 2.45) is 5.92 Å². The van der Waals surface area contributed by atoms with Crippen molar-refractivity contribution in [3.8, 4) is 0 Å². The average Bonchev–Trinajstić information content (AvgIpc) is 2.86. The lowest BCUT2D eigenvalue weighted by Crippen LogP contribution is -2.46. The maximum Gasteiger partial charge on any atom is 0.307 e. The Bertz CT molecular complexity index is 594. The molecule has 1 atom stereocenters. The van der Waals surface area contributed by atoms with E-state index in [4.69, 9.17) is 4.74 Å². The molecule has 5 nitrogen and oxygen atoms in total. The van der Waals surface area contributed by atoms with Crippen molar-refractivity contribution in [1.29, 1.82) is 0 Å². The average molecular weight is 316 g/mol. The highest BCUT2D eigenvalue weighted by Crippen LogP contribution is 2.44. The number of amides is 1.